The van der Waals surface area contributed by atoms with Crippen molar-refractivity contribution in [2.75, 3.05) is 29.9 Å². The Morgan fingerprint density at radius 3 is 2.66 bits per heavy atom. The minimum absolute atomic E-state index is 0.0580. The second-order valence-corrected chi connectivity index (χ2v) is 8.17. The number of carbonyl (C=O) groups is 2. The van der Waals surface area contributed by atoms with E-state index in [1.807, 2.05) is 19.9 Å². The molecule has 2 aromatic rings. The zero-order valence-electron chi connectivity index (χ0n) is 17.4. The summed E-state index contributed by atoms with van der Waals surface area (Å²) in [6.07, 6.45) is 2.39. The molecular formula is C23H28N4O2. The molecule has 1 aromatic carbocycles. The Bertz CT molecular complexity index is 946. The van der Waals surface area contributed by atoms with Gasteiger partial charge in [0.2, 0.25) is 11.8 Å². The van der Waals surface area contributed by atoms with E-state index >= 15 is 0 Å². The van der Waals surface area contributed by atoms with Crippen LogP contribution in [0.25, 0.3) is 0 Å². The normalized spacial score (nSPS) is 16.2. The third-order valence-corrected chi connectivity index (χ3v) is 5.85. The van der Waals surface area contributed by atoms with Gasteiger partial charge in [-0.2, -0.15) is 0 Å². The third-order valence-electron chi connectivity index (χ3n) is 5.85. The first-order valence-corrected chi connectivity index (χ1v) is 10.3. The molecule has 0 spiro atoms. The summed E-state index contributed by atoms with van der Waals surface area (Å²) in [5, 5.41) is 2.96. The highest BCUT2D eigenvalue weighted by atomic mass is 16.2. The fourth-order valence-corrected chi connectivity index (χ4v) is 4.26. The van der Waals surface area contributed by atoms with Gasteiger partial charge in [0.05, 0.1) is 17.9 Å². The molecule has 2 aliphatic rings. The van der Waals surface area contributed by atoms with Crippen LogP contribution in [0.5, 0.6) is 0 Å². The SMILES string of the molecule is Cc1ccc2c(c1)CCN(c1cc(C)c(NC(=O)CN3CCCC3=O)c(C)n1)C2. The number of carbonyl (C=O) groups excluding carboxylic acids is 2. The quantitative estimate of drug-likeness (QED) is 0.868. The van der Waals surface area contributed by atoms with Gasteiger partial charge < -0.3 is 15.1 Å². The Kier molecular flexibility index (Phi) is 5.26. The van der Waals surface area contributed by atoms with E-state index in [2.05, 4.69) is 35.3 Å². The van der Waals surface area contributed by atoms with E-state index < -0.39 is 0 Å². The molecule has 6 heteroatoms. The second-order valence-electron chi connectivity index (χ2n) is 8.17. The van der Waals surface area contributed by atoms with Crippen molar-refractivity contribution < 1.29 is 9.59 Å². The number of nitrogens with one attached hydrogen (secondary N) is 1. The zero-order valence-corrected chi connectivity index (χ0v) is 17.4. The Morgan fingerprint density at radius 2 is 1.93 bits per heavy atom. The average molecular weight is 393 g/mol. The molecule has 1 aromatic heterocycles. The van der Waals surface area contributed by atoms with Crippen molar-refractivity contribution in [1.82, 2.24) is 9.88 Å². The molecule has 3 heterocycles. The van der Waals surface area contributed by atoms with Crippen LogP contribution in [-0.2, 0) is 22.6 Å². The Morgan fingerprint density at radius 1 is 1.10 bits per heavy atom. The zero-order chi connectivity index (χ0) is 20.5. The lowest BCUT2D eigenvalue weighted by Crippen LogP contribution is -2.34. The van der Waals surface area contributed by atoms with Crippen molar-refractivity contribution in [2.24, 2.45) is 0 Å². The molecule has 0 radical (unpaired) electrons. The number of likely N-dealkylation sites (tertiary alicyclic amines) is 1. The number of pyridine rings is 1. The van der Waals surface area contributed by atoms with Crippen LogP contribution >= 0.6 is 0 Å². The lowest BCUT2D eigenvalue weighted by Gasteiger charge is -2.31. The number of aromatic nitrogens is 1. The van der Waals surface area contributed by atoms with Gasteiger partial charge in [-0.3, -0.25) is 9.59 Å². The van der Waals surface area contributed by atoms with Gasteiger partial charge in [-0.25, -0.2) is 4.98 Å². The molecule has 6 nitrogen and oxygen atoms in total. The van der Waals surface area contributed by atoms with Gasteiger partial charge in [0.1, 0.15) is 5.82 Å². The van der Waals surface area contributed by atoms with Crippen LogP contribution in [0.3, 0.4) is 0 Å². The summed E-state index contributed by atoms with van der Waals surface area (Å²) in [6, 6.07) is 8.70. The van der Waals surface area contributed by atoms with Crippen LogP contribution in [0.1, 0.15) is 40.8 Å². The number of hydrogen-bond donors (Lipinski definition) is 1. The summed E-state index contributed by atoms with van der Waals surface area (Å²) < 4.78 is 0. The van der Waals surface area contributed by atoms with Crippen molar-refractivity contribution in [3.63, 3.8) is 0 Å². The van der Waals surface area contributed by atoms with Crippen LogP contribution in [0.2, 0.25) is 0 Å². The minimum atomic E-state index is -0.164. The van der Waals surface area contributed by atoms with Gasteiger partial charge in [0.15, 0.2) is 0 Å². The maximum absolute atomic E-state index is 12.4. The molecule has 1 saturated heterocycles. The molecule has 1 N–H and O–H groups in total. The molecule has 29 heavy (non-hydrogen) atoms. The standard InChI is InChI=1S/C23H28N4O2/c1-15-6-7-19-13-26(10-8-18(19)11-15)20-12-16(2)23(17(3)24-20)25-21(28)14-27-9-4-5-22(27)29/h6-7,11-12H,4-5,8-10,13-14H2,1-3H3,(H,25,28). The summed E-state index contributed by atoms with van der Waals surface area (Å²) in [4.78, 5) is 32.9. The number of fused-ring (bicyclic) bond motifs is 1. The van der Waals surface area contributed by atoms with Gasteiger partial charge in [-0.1, -0.05) is 23.8 Å². The number of aryl methyl sites for hydroxylation is 3. The predicted octanol–water partition coefficient (Wildman–Crippen LogP) is 3.13. The summed E-state index contributed by atoms with van der Waals surface area (Å²) in [7, 11) is 0. The number of nitrogens with zero attached hydrogens (tertiary/aromatic N) is 3. The summed E-state index contributed by atoms with van der Waals surface area (Å²) in [5.74, 6) is 0.838. The first-order chi connectivity index (χ1) is 13.9. The fraction of sp³-hybridized carbons (Fsp3) is 0.435. The molecule has 1 fully saturated rings. The van der Waals surface area contributed by atoms with Crippen LogP contribution in [0.15, 0.2) is 24.3 Å². The monoisotopic (exact) mass is 392 g/mol. The van der Waals surface area contributed by atoms with Crippen LogP contribution in [-0.4, -0.2) is 41.3 Å². The van der Waals surface area contributed by atoms with E-state index in [0.717, 1.165) is 48.7 Å². The maximum atomic E-state index is 12.4. The molecular weight excluding hydrogens is 364 g/mol. The Balaban J connectivity index is 1.48. The van der Waals surface area contributed by atoms with Gasteiger partial charge >= 0.3 is 0 Å². The van der Waals surface area contributed by atoms with Crippen molar-refractivity contribution >= 4 is 23.3 Å². The van der Waals surface area contributed by atoms with Crippen LogP contribution in [0.4, 0.5) is 11.5 Å². The first-order valence-electron chi connectivity index (χ1n) is 10.3. The van der Waals surface area contributed by atoms with Crippen LogP contribution in [0, 0.1) is 20.8 Å². The molecule has 0 unspecified atom stereocenters. The topological polar surface area (TPSA) is 65.5 Å². The lowest BCUT2D eigenvalue weighted by atomic mass is 9.97. The highest BCUT2D eigenvalue weighted by molar-refractivity contribution is 5.96. The van der Waals surface area contributed by atoms with Crippen molar-refractivity contribution in [1.29, 1.82) is 0 Å². The van der Waals surface area contributed by atoms with E-state index in [-0.39, 0.29) is 18.4 Å². The molecule has 2 amide bonds. The van der Waals surface area contributed by atoms with Gasteiger partial charge in [-0.05, 0) is 56.4 Å². The average Bonchev–Trinajstić information content (AvgIpc) is 3.08. The molecule has 0 atom stereocenters. The number of hydrogen-bond acceptors (Lipinski definition) is 4. The van der Waals surface area contributed by atoms with Gasteiger partial charge in [-0.15, -0.1) is 0 Å². The predicted molar refractivity (Wildman–Crippen MR) is 114 cm³/mol. The smallest absolute Gasteiger partial charge is 0.244 e. The maximum Gasteiger partial charge on any atom is 0.244 e. The summed E-state index contributed by atoms with van der Waals surface area (Å²) >= 11 is 0. The number of amides is 2. The van der Waals surface area contributed by atoms with Crippen molar-refractivity contribution in [3.8, 4) is 0 Å². The van der Waals surface area contributed by atoms with Crippen LogP contribution < -0.4 is 10.2 Å². The Labute approximate surface area is 171 Å². The molecule has 152 valence electrons. The molecule has 2 aliphatic heterocycles. The molecule has 0 aliphatic carbocycles. The van der Waals surface area contributed by atoms with E-state index in [0.29, 0.717) is 13.0 Å². The second kappa shape index (κ2) is 7.85. The largest absolute Gasteiger partial charge is 0.352 e. The van der Waals surface area contributed by atoms with Gasteiger partial charge in [0, 0.05) is 26.1 Å². The molecule has 0 saturated carbocycles. The number of benzene rings is 1. The number of rotatable bonds is 4. The molecule has 0 bridgehead atoms. The Hall–Kier alpha value is -2.89. The van der Waals surface area contributed by atoms with E-state index in [4.69, 9.17) is 4.98 Å². The molecule has 4 rings (SSSR count). The summed E-state index contributed by atoms with van der Waals surface area (Å²) in [6.45, 7) is 8.62. The summed E-state index contributed by atoms with van der Waals surface area (Å²) in [5.41, 5.74) is 6.62. The highest BCUT2D eigenvalue weighted by Crippen LogP contribution is 2.28. The van der Waals surface area contributed by atoms with Gasteiger partial charge in [0.25, 0.3) is 0 Å². The number of anilines is 2. The third kappa shape index (κ3) is 4.11. The highest BCUT2D eigenvalue weighted by Gasteiger charge is 2.23. The first kappa shape index (κ1) is 19.4. The minimum Gasteiger partial charge on any atom is -0.352 e. The van der Waals surface area contributed by atoms with Crippen molar-refractivity contribution in [3.05, 3.63) is 52.2 Å². The van der Waals surface area contributed by atoms with E-state index in [1.165, 1.54) is 16.7 Å². The fourth-order valence-electron chi connectivity index (χ4n) is 4.26. The van der Waals surface area contributed by atoms with E-state index in [1.54, 1.807) is 4.90 Å². The van der Waals surface area contributed by atoms with E-state index in [9.17, 15) is 9.59 Å². The van der Waals surface area contributed by atoms with Crippen molar-refractivity contribution in [2.45, 2.75) is 46.6 Å². The lowest BCUT2D eigenvalue weighted by molar-refractivity contribution is -0.131.